The molecular formula is C18H30IN7S. The molecule has 0 amide bonds. The minimum absolute atomic E-state index is 0. The lowest BCUT2D eigenvalue weighted by molar-refractivity contribution is 0.249. The SMILES string of the molecule is CCNC(=NCc1nnc(C)n1C)NCC(c1cccs1)N1CCCC1.I. The molecule has 1 fully saturated rings. The standard InChI is InChI=1S/C18H29N7S.HI/c1-4-19-18(21-13-17-23-22-14(2)24(17)3)20-12-15(16-8-7-11-26-16)25-9-5-6-10-25;/h7-8,11,15H,4-6,9-10,12-13H2,1-3H3,(H2,19,20,21);1H. The van der Waals surface area contributed by atoms with E-state index in [0.717, 1.165) is 30.7 Å². The van der Waals surface area contributed by atoms with Crippen LogP contribution in [0.3, 0.4) is 0 Å². The number of nitrogens with zero attached hydrogens (tertiary/aromatic N) is 5. The van der Waals surface area contributed by atoms with Crippen LogP contribution in [0.4, 0.5) is 0 Å². The molecule has 3 rings (SSSR count). The van der Waals surface area contributed by atoms with Gasteiger partial charge in [-0.1, -0.05) is 6.07 Å². The van der Waals surface area contributed by atoms with Crippen LogP contribution in [0.15, 0.2) is 22.5 Å². The van der Waals surface area contributed by atoms with Crippen molar-refractivity contribution in [3.8, 4) is 0 Å². The molecular weight excluding hydrogens is 473 g/mol. The van der Waals surface area contributed by atoms with Crippen LogP contribution in [0, 0.1) is 6.92 Å². The van der Waals surface area contributed by atoms with Crippen LogP contribution in [0.5, 0.6) is 0 Å². The number of nitrogens with one attached hydrogen (secondary N) is 2. The van der Waals surface area contributed by atoms with Gasteiger partial charge in [-0.25, -0.2) is 4.99 Å². The third kappa shape index (κ3) is 5.89. The van der Waals surface area contributed by atoms with E-state index in [9.17, 15) is 0 Å². The quantitative estimate of drug-likeness (QED) is 0.346. The van der Waals surface area contributed by atoms with Crippen LogP contribution in [0.1, 0.15) is 42.3 Å². The van der Waals surface area contributed by atoms with Gasteiger partial charge in [-0.2, -0.15) is 0 Å². The van der Waals surface area contributed by atoms with E-state index in [2.05, 4.69) is 50.2 Å². The molecule has 3 heterocycles. The molecule has 0 aromatic carbocycles. The molecule has 0 bridgehead atoms. The van der Waals surface area contributed by atoms with Crippen molar-refractivity contribution in [1.82, 2.24) is 30.3 Å². The predicted molar refractivity (Wildman–Crippen MR) is 122 cm³/mol. The monoisotopic (exact) mass is 503 g/mol. The van der Waals surface area contributed by atoms with Crippen molar-refractivity contribution in [3.63, 3.8) is 0 Å². The lowest BCUT2D eigenvalue weighted by Gasteiger charge is -2.27. The van der Waals surface area contributed by atoms with Crippen molar-refractivity contribution in [2.75, 3.05) is 26.2 Å². The Morgan fingerprint density at radius 2 is 2.07 bits per heavy atom. The first-order valence-corrected chi connectivity index (χ1v) is 10.2. The second kappa shape index (κ2) is 11.0. The van der Waals surface area contributed by atoms with Crippen LogP contribution in [0.25, 0.3) is 0 Å². The summed E-state index contributed by atoms with van der Waals surface area (Å²) >= 11 is 1.83. The van der Waals surface area contributed by atoms with Crippen molar-refractivity contribution in [2.45, 2.75) is 39.3 Å². The predicted octanol–water partition coefficient (Wildman–Crippen LogP) is 2.70. The first kappa shape index (κ1) is 22.1. The average molecular weight is 503 g/mol. The molecule has 0 spiro atoms. The Bertz CT molecular complexity index is 707. The highest BCUT2D eigenvalue weighted by Gasteiger charge is 2.24. The third-order valence-corrected chi connectivity index (χ3v) is 5.79. The summed E-state index contributed by atoms with van der Waals surface area (Å²) in [6.45, 7) is 8.58. The molecule has 2 aromatic heterocycles. The summed E-state index contributed by atoms with van der Waals surface area (Å²) in [6, 6.07) is 4.78. The normalized spacial score (nSPS) is 16.2. The Morgan fingerprint density at radius 3 is 2.67 bits per heavy atom. The van der Waals surface area contributed by atoms with E-state index in [1.54, 1.807) is 0 Å². The van der Waals surface area contributed by atoms with Gasteiger partial charge in [0.25, 0.3) is 0 Å². The number of aryl methyl sites for hydroxylation is 1. The fraction of sp³-hybridized carbons (Fsp3) is 0.611. The Kier molecular flexibility index (Phi) is 8.97. The van der Waals surface area contributed by atoms with Crippen LogP contribution < -0.4 is 10.6 Å². The summed E-state index contributed by atoms with van der Waals surface area (Å²) in [5, 5.41) is 17.3. The van der Waals surface area contributed by atoms with Crippen LogP contribution in [-0.2, 0) is 13.6 Å². The Balaban J connectivity index is 0.00000261. The van der Waals surface area contributed by atoms with Crippen LogP contribution >= 0.6 is 35.3 Å². The second-order valence-corrected chi connectivity index (χ2v) is 7.55. The number of guanidine groups is 1. The number of aliphatic imine (C=N–C) groups is 1. The molecule has 1 atom stereocenters. The zero-order valence-corrected chi connectivity index (χ0v) is 19.5. The van der Waals surface area contributed by atoms with E-state index in [4.69, 9.17) is 4.99 Å². The average Bonchev–Trinajstić information content (AvgIpc) is 3.39. The highest BCUT2D eigenvalue weighted by atomic mass is 127. The minimum atomic E-state index is 0. The summed E-state index contributed by atoms with van der Waals surface area (Å²) in [6.07, 6.45) is 2.59. The minimum Gasteiger partial charge on any atom is -0.357 e. The van der Waals surface area contributed by atoms with Gasteiger partial charge in [0.05, 0.1) is 6.04 Å². The van der Waals surface area contributed by atoms with Gasteiger partial charge in [-0.05, 0) is 51.2 Å². The van der Waals surface area contributed by atoms with E-state index in [0.29, 0.717) is 12.6 Å². The van der Waals surface area contributed by atoms with E-state index in [1.807, 2.05) is 29.9 Å². The molecule has 150 valence electrons. The van der Waals surface area contributed by atoms with Gasteiger partial charge in [0.15, 0.2) is 11.8 Å². The van der Waals surface area contributed by atoms with Crippen LogP contribution in [-0.4, -0.2) is 51.8 Å². The maximum Gasteiger partial charge on any atom is 0.191 e. The largest absolute Gasteiger partial charge is 0.357 e. The number of thiophene rings is 1. The zero-order chi connectivity index (χ0) is 18.4. The molecule has 1 aliphatic heterocycles. The van der Waals surface area contributed by atoms with Crippen molar-refractivity contribution in [1.29, 1.82) is 0 Å². The van der Waals surface area contributed by atoms with Gasteiger partial charge in [0.2, 0.25) is 0 Å². The van der Waals surface area contributed by atoms with Crippen LogP contribution in [0.2, 0.25) is 0 Å². The van der Waals surface area contributed by atoms with Crippen molar-refractivity contribution in [3.05, 3.63) is 34.0 Å². The lowest BCUT2D eigenvalue weighted by atomic mass is 10.2. The molecule has 27 heavy (non-hydrogen) atoms. The number of rotatable bonds is 7. The molecule has 0 saturated carbocycles. The van der Waals surface area contributed by atoms with E-state index < -0.39 is 0 Å². The highest BCUT2D eigenvalue weighted by Crippen LogP contribution is 2.27. The number of aromatic nitrogens is 3. The van der Waals surface area contributed by atoms with Gasteiger partial charge in [-0.15, -0.1) is 45.5 Å². The number of halogens is 1. The maximum atomic E-state index is 4.69. The van der Waals surface area contributed by atoms with Crippen molar-refractivity contribution >= 4 is 41.3 Å². The fourth-order valence-corrected chi connectivity index (χ4v) is 4.08. The van der Waals surface area contributed by atoms with Gasteiger partial charge in [0.1, 0.15) is 12.4 Å². The summed E-state index contributed by atoms with van der Waals surface area (Å²) in [5.74, 6) is 2.60. The van der Waals surface area contributed by atoms with Gasteiger partial charge in [0, 0.05) is 25.0 Å². The Labute approximate surface area is 182 Å². The molecule has 1 aliphatic rings. The number of hydrogen-bond acceptors (Lipinski definition) is 5. The number of likely N-dealkylation sites (tertiary alicyclic amines) is 1. The molecule has 2 aromatic rings. The fourth-order valence-electron chi connectivity index (χ4n) is 3.22. The molecule has 1 saturated heterocycles. The first-order valence-electron chi connectivity index (χ1n) is 9.33. The van der Waals surface area contributed by atoms with Gasteiger partial charge in [-0.3, -0.25) is 4.90 Å². The van der Waals surface area contributed by atoms with Gasteiger partial charge >= 0.3 is 0 Å². The smallest absolute Gasteiger partial charge is 0.191 e. The lowest BCUT2D eigenvalue weighted by Crippen LogP contribution is -2.42. The van der Waals surface area contributed by atoms with Crippen molar-refractivity contribution < 1.29 is 0 Å². The highest BCUT2D eigenvalue weighted by molar-refractivity contribution is 14.0. The number of hydrogen-bond donors (Lipinski definition) is 2. The molecule has 0 aliphatic carbocycles. The topological polar surface area (TPSA) is 70.4 Å². The molecule has 9 heteroatoms. The summed E-state index contributed by atoms with van der Waals surface area (Å²) in [7, 11) is 1.97. The summed E-state index contributed by atoms with van der Waals surface area (Å²) in [5.41, 5.74) is 0. The Hall–Kier alpha value is -1.20. The molecule has 0 radical (unpaired) electrons. The molecule has 2 N–H and O–H groups in total. The zero-order valence-electron chi connectivity index (χ0n) is 16.3. The maximum absolute atomic E-state index is 4.69. The van der Waals surface area contributed by atoms with E-state index >= 15 is 0 Å². The second-order valence-electron chi connectivity index (χ2n) is 6.57. The molecule has 1 unspecified atom stereocenters. The summed E-state index contributed by atoms with van der Waals surface area (Å²) < 4.78 is 1.98. The van der Waals surface area contributed by atoms with Crippen molar-refractivity contribution in [2.24, 2.45) is 12.0 Å². The van der Waals surface area contributed by atoms with E-state index in [1.165, 1.54) is 30.8 Å². The van der Waals surface area contributed by atoms with Gasteiger partial charge < -0.3 is 15.2 Å². The molecule has 7 nitrogen and oxygen atoms in total. The Morgan fingerprint density at radius 1 is 1.30 bits per heavy atom. The van der Waals surface area contributed by atoms with E-state index in [-0.39, 0.29) is 24.0 Å². The third-order valence-electron chi connectivity index (χ3n) is 4.82. The summed E-state index contributed by atoms with van der Waals surface area (Å²) in [4.78, 5) is 8.69. The first-order chi connectivity index (χ1) is 12.7.